The number of thioether (sulfide) groups is 1. The molecular formula is C18H26N4S2. The number of hydrogen-bond acceptors (Lipinski definition) is 4. The average molecular weight is 363 g/mol. The summed E-state index contributed by atoms with van der Waals surface area (Å²) in [7, 11) is 0. The van der Waals surface area contributed by atoms with Crippen LogP contribution in [0, 0.1) is 5.41 Å². The third-order valence-corrected chi connectivity index (χ3v) is 5.28. The van der Waals surface area contributed by atoms with Crippen LogP contribution >= 0.6 is 23.1 Å². The van der Waals surface area contributed by atoms with E-state index < -0.39 is 0 Å². The monoisotopic (exact) mass is 362 g/mol. The van der Waals surface area contributed by atoms with Gasteiger partial charge in [-0.2, -0.15) is 0 Å². The van der Waals surface area contributed by atoms with Gasteiger partial charge in [-0.15, -0.1) is 23.1 Å². The number of para-hydroxylation sites is 1. The van der Waals surface area contributed by atoms with Gasteiger partial charge in [-0.1, -0.05) is 32.0 Å². The minimum absolute atomic E-state index is 0.0183. The Morgan fingerprint density at radius 1 is 1.25 bits per heavy atom. The van der Waals surface area contributed by atoms with E-state index in [0.717, 1.165) is 18.2 Å². The molecule has 0 aliphatic rings. The molecule has 24 heavy (non-hydrogen) atoms. The Morgan fingerprint density at radius 2 is 2.04 bits per heavy atom. The molecule has 0 unspecified atom stereocenters. The topological polar surface area (TPSA) is 62.4 Å². The van der Waals surface area contributed by atoms with Crippen molar-refractivity contribution in [1.82, 2.24) is 5.32 Å². The van der Waals surface area contributed by atoms with Gasteiger partial charge in [0.2, 0.25) is 0 Å². The first-order valence-electron chi connectivity index (χ1n) is 7.95. The largest absolute Gasteiger partial charge is 0.356 e. The molecule has 130 valence electrons. The number of hydrogen-bond donors (Lipinski definition) is 3. The zero-order valence-electron chi connectivity index (χ0n) is 14.5. The molecule has 2 aromatic rings. The fourth-order valence-electron chi connectivity index (χ4n) is 1.97. The van der Waals surface area contributed by atoms with E-state index in [2.05, 4.69) is 60.4 Å². The Balaban J connectivity index is 2.13. The maximum Gasteiger partial charge on any atom is 0.196 e. The van der Waals surface area contributed by atoms with E-state index in [-0.39, 0.29) is 5.41 Å². The van der Waals surface area contributed by atoms with Gasteiger partial charge < -0.3 is 16.4 Å². The van der Waals surface area contributed by atoms with E-state index in [4.69, 9.17) is 10.7 Å². The van der Waals surface area contributed by atoms with E-state index in [9.17, 15) is 0 Å². The number of guanidine groups is 1. The van der Waals surface area contributed by atoms with Crippen LogP contribution in [0.15, 0.2) is 51.7 Å². The predicted octanol–water partition coefficient (Wildman–Crippen LogP) is 4.01. The molecule has 6 heteroatoms. The third kappa shape index (κ3) is 5.85. The lowest BCUT2D eigenvalue weighted by atomic mass is 9.94. The van der Waals surface area contributed by atoms with Gasteiger partial charge in [0.15, 0.2) is 5.96 Å². The number of anilines is 1. The maximum absolute atomic E-state index is 5.84. The maximum atomic E-state index is 5.84. The van der Waals surface area contributed by atoms with Crippen LogP contribution in [0.25, 0.3) is 0 Å². The second-order valence-electron chi connectivity index (χ2n) is 6.29. The Kier molecular flexibility index (Phi) is 7.15. The van der Waals surface area contributed by atoms with Gasteiger partial charge in [-0.3, -0.25) is 0 Å². The lowest BCUT2D eigenvalue weighted by molar-refractivity contribution is 0.376. The Labute approximate surface area is 153 Å². The highest BCUT2D eigenvalue weighted by Crippen LogP contribution is 2.24. The average Bonchev–Trinajstić information content (AvgIpc) is 3.11. The van der Waals surface area contributed by atoms with Crippen molar-refractivity contribution in [2.75, 3.05) is 24.7 Å². The fraction of sp³-hybridized carbons (Fsp3) is 0.389. The minimum Gasteiger partial charge on any atom is -0.356 e. The first kappa shape index (κ1) is 18.8. The van der Waals surface area contributed by atoms with Crippen LogP contribution in [-0.2, 0) is 6.54 Å². The molecule has 0 aliphatic heterocycles. The van der Waals surface area contributed by atoms with Crippen molar-refractivity contribution < 1.29 is 0 Å². The second-order valence-corrected chi connectivity index (χ2v) is 8.17. The van der Waals surface area contributed by atoms with Crippen molar-refractivity contribution in [3.05, 3.63) is 46.7 Å². The molecule has 1 aromatic carbocycles. The molecule has 1 aromatic heterocycles. The van der Waals surface area contributed by atoms with Crippen LogP contribution in [0.4, 0.5) is 5.69 Å². The Bertz CT molecular complexity index is 651. The lowest BCUT2D eigenvalue weighted by Crippen LogP contribution is -2.41. The number of nitrogens with zero attached hydrogens (tertiary/aromatic N) is 1. The van der Waals surface area contributed by atoms with E-state index >= 15 is 0 Å². The highest BCUT2D eigenvalue weighted by molar-refractivity contribution is 7.98. The number of thiophene rings is 1. The lowest BCUT2D eigenvalue weighted by Gasteiger charge is -2.24. The van der Waals surface area contributed by atoms with Gasteiger partial charge in [0.05, 0.1) is 12.2 Å². The normalized spacial score (nSPS) is 12.2. The summed E-state index contributed by atoms with van der Waals surface area (Å²) in [6.45, 7) is 6.35. The number of benzene rings is 1. The summed E-state index contributed by atoms with van der Waals surface area (Å²) < 4.78 is 0. The summed E-state index contributed by atoms with van der Waals surface area (Å²) in [5.41, 5.74) is 6.92. The molecule has 0 saturated heterocycles. The second kappa shape index (κ2) is 9.11. The van der Waals surface area contributed by atoms with Crippen LogP contribution in [0.2, 0.25) is 0 Å². The summed E-state index contributed by atoms with van der Waals surface area (Å²) >= 11 is 3.44. The van der Waals surface area contributed by atoms with E-state index in [1.807, 2.05) is 12.1 Å². The van der Waals surface area contributed by atoms with Gasteiger partial charge in [0.25, 0.3) is 0 Å². The zero-order valence-corrected chi connectivity index (χ0v) is 16.1. The third-order valence-electron chi connectivity index (χ3n) is 3.62. The van der Waals surface area contributed by atoms with Crippen LogP contribution in [-0.4, -0.2) is 25.3 Å². The first-order chi connectivity index (χ1) is 11.5. The molecule has 0 fully saturated rings. The summed E-state index contributed by atoms with van der Waals surface area (Å²) in [6, 6.07) is 12.4. The highest BCUT2D eigenvalue weighted by Gasteiger charge is 2.16. The van der Waals surface area contributed by atoms with Crippen molar-refractivity contribution >= 4 is 34.7 Å². The molecule has 4 N–H and O–H groups in total. The summed E-state index contributed by atoms with van der Waals surface area (Å²) in [5.74, 6) is 0.784. The number of rotatable bonds is 7. The smallest absolute Gasteiger partial charge is 0.196 e. The Hall–Kier alpha value is -1.50. The zero-order chi connectivity index (χ0) is 17.4. The molecule has 2 rings (SSSR count). The van der Waals surface area contributed by atoms with Crippen molar-refractivity contribution in [3.8, 4) is 0 Å². The molecule has 0 atom stereocenters. The van der Waals surface area contributed by atoms with Gasteiger partial charge in [-0.05, 0) is 41.8 Å². The fourth-order valence-corrected chi connectivity index (χ4v) is 3.15. The van der Waals surface area contributed by atoms with Crippen molar-refractivity contribution in [2.45, 2.75) is 25.3 Å². The van der Waals surface area contributed by atoms with E-state index in [0.29, 0.717) is 13.1 Å². The van der Waals surface area contributed by atoms with Crippen molar-refractivity contribution in [1.29, 1.82) is 0 Å². The molecule has 0 radical (unpaired) electrons. The SMILES string of the molecule is CSc1ccccc1NC(=NCc1cccs1)NCC(C)(C)CN. The number of nitrogens with one attached hydrogen (secondary N) is 2. The standard InChI is InChI=1S/C18H26N4S2/c1-18(2,12-19)13-21-17(20-11-14-7-6-10-24-14)22-15-8-4-5-9-16(15)23-3/h4-10H,11-13,19H2,1-3H3,(H2,20,21,22). The Morgan fingerprint density at radius 3 is 2.71 bits per heavy atom. The van der Waals surface area contributed by atoms with Crippen molar-refractivity contribution in [3.63, 3.8) is 0 Å². The molecular weight excluding hydrogens is 336 g/mol. The number of nitrogens with two attached hydrogens (primary N) is 1. The van der Waals surface area contributed by atoms with Crippen LogP contribution in [0.3, 0.4) is 0 Å². The van der Waals surface area contributed by atoms with E-state index in [1.54, 1.807) is 23.1 Å². The van der Waals surface area contributed by atoms with Crippen LogP contribution in [0.5, 0.6) is 0 Å². The van der Waals surface area contributed by atoms with Crippen LogP contribution < -0.4 is 16.4 Å². The molecule has 0 aliphatic carbocycles. The minimum atomic E-state index is 0.0183. The summed E-state index contributed by atoms with van der Waals surface area (Å²) in [6.07, 6.45) is 2.08. The highest BCUT2D eigenvalue weighted by atomic mass is 32.2. The van der Waals surface area contributed by atoms with Crippen molar-refractivity contribution in [2.24, 2.45) is 16.1 Å². The van der Waals surface area contributed by atoms with E-state index in [1.165, 1.54) is 9.77 Å². The summed E-state index contributed by atoms with van der Waals surface area (Å²) in [4.78, 5) is 7.17. The quantitative estimate of drug-likeness (QED) is 0.396. The van der Waals surface area contributed by atoms with Gasteiger partial charge in [0.1, 0.15) is 0 Å². The predicted molar refractivity (Wildman–Crippen MR) is 108 cm³/mol. The van der Waals surface area contributed by atoms with Gasteiger partial charge >= 0.3 is 0 Å². The van der Waals surface area contributed by atoms with Gasteiger partial charge in [-0.25, -0.2) is 4.99 Å². The van der Waals surface area contributed by atoms with Crippen LogP contribution in [0.1, 0.15) is 18.7 Å². The molecule has 0 amide bonds. The first-order valence-corrected chi connectivity index (χ1v) is 10.1. The molecule has 0 saturated carbocycles. The molecule has 0 spiro atoms. The molecule has 1 heterocycles. The van der Waals surface area contributed by atoms with Gasteiger partial charge in [0, 0.05) is 16.3 Å². The molecule has 0 bridgehead atoms. The number of aliphatic imine (C=N–C) groups is 1. The summed E-state index contributed by atoms with van der Waals surface area (Å²) in [5, 5.41) is 8.94. The molecule has 4 nitrogen and oxygen atoms in total.